The molecule has 0 saturated heterocycles. The van der Waals surface area contributed by atoms with E-state index in [1.54, 1.807) is 0 Å². The largest absolute Gasteiger partial charge is 0.486 e. The molecule has 0 fully saturated rings. The first kappa shape index (κ1) is 18.0. The van der Waals surface area contributed by atoms with Crippen LogP contribution in [0.5, 0.6) is 11.5 Å². The van der Waals surface area contributed by atoms with Crippen LogP contribution in [-0.4, -0.2) is 41.6 Å². The van der Waals surface area contributed by atoms with E-state index in [0.717, 1.165) is 46.4 Å². The van der Waals surface area contributed by atoms with Crippen LogP contribution in [0.1, 0.15) is 5.56 Å². The molecule has 0 unspecified atom stereocenters. The van der Waals surface area contributed by atoms with E-state index in [2.05, 4.69) is 16.3 Å². The zero-order valence-corrected chi connectivity index (χ0v) is 16.5. The normalized spacial score (nSPS) is 14.6. The van der Waals surface area contributed by atoms with Crippen molar-refractivity contribution < 1.29 is 14.3 Å². The summed E-state index contributed by atoms with van der Waals surface area (Å²) >= 11 is 1.41. The minimum absolute atomic E-state index is 0.0951. The van der Waals surface area contributed by atoms with Gasteiger partial charge in [-0.25, -0.2) is 0 Å². The fourth-order valence-corrected chi connectivity index (χ4v) is 4.25. The number of amides is 1. The van der Waals surface area contributed by atoms with Gasteiger partial charge in [0.1, 0.15) is 18.2 Å². The van der Waals surface area contributed by atoms with E-state index < -0.39 is 0 Å². The number of hydrogen-bond acceptors (Lipinski definition) is 6. The Morgan fingerprint density at radius 1 is 1.00 bits per heavy atom. The van der Waals surface area contributed by atoms with Crippen molar-refractivity contribution in [3.63, 3.8) is 0 Å². The number of hydrogen-bond donors (Lipinski definition) is 0. The Morgan fingerprint density at radius 2 is 1.86 bits per heavy atom. The molecule has 0 aliphatic carbocycles. The maximum atomic E-state index is 12.6. The number of ether oxygens (including phenoxy) is 2. The number of rotatable bonds is 4. The summed E-state index contributed by atoms with van der Waals surface area (Å²) < 4.78 is 11.2. The molecule has 1 amide bonds. The summed E-state index contributed by atoms with van der Waals surface area (Å²) in [5, 5.41) is 9.33. The van der Waals surface area contributed by atoms with Crippen LogP contribution in [-0.2, 0) is 11.2 Å². The molecule has 2 aliphatic heterocycles. The molecule has 5 rings (SSSR count). The van der Waals surface area contributed by atoms with E-state index >= 15 is 0 Å². The lowest BCUT2D eigenvalue weighted by Crippen LogP contribution is -2.30. The molecule has 0 radical (unpaired) electrons. The van der Waals surface area contributed by atoms with E-state index in [0.29, 0.717) is 19.0 Å². The molecule has 146 valence electrons. The molecular weight excluding hydrogens is 386 g/mol. The summed E-state index contributed by atoms with van der Waals surface area (Å²) in [5.74, 6) is 1.91. The van der Waals surface area contributed by atoms with E-state index in [1.165, 1.54) is 17.3 Å². The maximum Gasteiger partial charge on any atom is 0.237 e. The molecule has 2 aromatic carbocycles. The van der Waals surface area contributed by atoms with Crippen molar-refractivity contribution in [1.29, 1.82) is 0 Å². The minimum atomic E-state index is 0.0951. The number of nitrogens with zero attached hydrogens (tertiary/aromatic N) is 3. The predicted molar refractivity (Wildman–Crippen MR) is 112 cm³/mol. The van der Waals surface area contributed by atoms with Crippen molar-refractivity contribution in [2.24, 2.45) is 0 Å². The summed E-state index contributed by atoms with van der Waals surface area (Å²) in [4.78, 5) is 14.5. The predicted octanol–water partition coefficient (Wildman–Crippen LogP) is 3.60. The van der Waals surface area contributed by atoms with Gasteiger partial charge in [-0.05, 0) is 48.4 Å². The van der Waals surface area contributed by atoms with Crippen molar-refractivity contribution in [2.45, 2.75) is 11.4 Å². The molecule has 0 atom stereocenters. The third-order valence-electron chi connectivity index (χ3n) is 5.01. The Labute approximate surface area is 172 Å². The van der Waals surface area contributed by atoms with Gasteiger partial charge in [-0.2, -0.15) is 0 Å². The quantitative estimate of drug-likeness (QED) is 0.618. The summed E-state index contributed by atoms with van der Waals surface area (Å²) in [6.07, 6.45) is 0.913. The molecule has 6 nitrogen and oxygen atoms in total. The van der Waals surface area contributed by atoms with Crippen LogP contribution in [0.15, 0.2) is 59.6 Å². The highest BCUT2D eigenvalue weighted by Crippen LogP contribution is 2.34. The minimum Gasteiger partial charge on any atom is -0.486 e. The van der Waals surface area contributed by atoms with Crippen molar-refractivity contribution in [1.82, 2.24) is 10.2 Å². The first-order chi connectivity index (χ1) is 14.3. The Morgan fingerprint density at radius 3 is 2.72 bits per heavy atom. The zero-order valence-electron chi connectivity index (χ0n) is 15.7. The molecular formula is C22H19N3O3S. The standard InChI is InChI=1S/C22H19N3O3S/c26-22(25-10-9-15-3-1-2-4-18(15)25)14-29-21-8-6-17(23-24-21)16-5-7-19-20(13-16)28-12-11-27-19/h1-8,13H,9-12,14H2. The summed E-state index contributed by atoms with van der Waals surface area (Å²) in [6, 6.07) is 17.6. The monoisotopic (exact) mass is 405 g/mol. The molecule has 1 aromatic heterocycles. The summed E-state index contributed by atoms with van der Waals surface area (Å²) in [6.45, 7) is 1.86. The van der Waals surface area contributed by atoms with Gasteiger partial charge in [0.15, 0.2) is 11.5 Å². The molecule has 0 N–H and O–H groups in total. The third-order valence-corrected chi connectivity index (χ3v) is 5.91. The number of benzene rings is 2. The summed E-state index contributed by atoms with van der Waals surface area (Å²) in [7, 11) is 0. The molecule has 0 saturated carbocycles. The molecule has 7 heteroatoms. The second kappa shape index (κ2) is 7.75. The number of carbonyl (C=O) groups is 1. The Hall–Kier alpha value is -3.06. The SMILES string of the molecule is O=C(CSc1ccc(-c2ccc3c(c2)OCCO3)nn1)N1CCc2ccccc21. The average Bonchev–Trinajstić information content (AvgIpc) is 3.22. The number of anilines is 1. The number of aromatic nitrogens is 2. The molecule has 29 heavy (non-hydrogen) atoms. The number of thioether (sulfide) groups is 1. The van der Waals surface area contributed by atoms with Crippen LogP contribution in [0.2, 0.25) is 0 Å². The first-order valence-electron chi connectivity index (χ1n) is 9.53. The lowest BCUT2D eigenvalue weighted by atomic mass is 10.1. The van der Waals surface area contributed by atoms with E-state index in [1.807, 2.05) is 53.4 Å². The van der Waals surface area contributed by atoms with Crippen molar-refractivity contribution in [2.75, 3.05) is 30.4 Å². The van der Waals surface area contributed by atoms with Crippen molar-refractivity contribution in [3.05, 3.63) is 60.2 Å². The molecule has 0 bridgehead atoms. The Kier molecular flexibility index (Phi) is 4.81. The lowest BCUT2D eigenvalue weighted by molar-refractivity contribution is -0.116. The van der Waals surface area contributed by atoms with Gasteiger partial charge in [0.05, 0.1) is 11.4 Å². The Balaban J connectivity index is 1.24. The van der Waals surface area contributed by atoms with Crippen LogP contribution in [0.4, 0.5) is 5.69 Å². The highest BCUT2D eigenvalue weighted by atomic mass is 32.2. The van der Waals surface area contributed by atoms with Gasteiger partial charge >= 0.3 is 0 Å². The zero-order chi connectivity index (χ0) is 19.6. The van der Waals surface area contributed by atoms with Gasteiger partial charge < -0.3 is 14.4 Å². The fourth-order valence-electron chi connectivity index (χ4n) is 3.56. The smallest absolute Gasteiger partial charge is 0.237 e. The molecule has 3 aromatic rings. The topological polar surface area (TPSA) is 64.5 Å². The van der Waals surface area contributed by atoms with Gasteiger partial charge in [-0.1, -0.05) is 30.0 Å². The maximum absolute atomic E-state index is 12.6. The highest BCUT2D eigenvalue weighted by molar-refractivity contribution is 7.99. The molecule has 0 spiro atoms. The van der Waals surface area contributed by atoms with E-state index in [-0.39, 0.29) is 5.91 Å². The van der Waals surface area contributed by atoms with Crippen LogP contribution < -0.4 is 14.4 Å². The second-order valence-electron chi connectivity index (χ2n) is 6.83. The van der Waals surface area contributed by atoms with Gasteiger partial charge in [-0.15, -0.1) is 10.2 Å². The van der Waals surface area contributed by atoms with Crippen LogP contribution >= 0.6 is 11.8 Å². The highest BCUT2D eigenvalue weighted by Gasteiger charge is 2.24. The van der Waals surface area contributed by atoms with Crippen LogP contribution in [0.25, 0.3) is 11.3 Å². The van der Waals surface area contributed by atoms with Gasteiger partial charge in [0.25, 0.3) is 0 Å². The van der Waals surface area contributed by atoms with Gasteiger partial charge in [-0.3, -0.25) is 4.79 Å². The van der Waals surface area contributed by atoms with Crippen LogP contribution in [0.3, 0.4) is 0 Å². The number of carbonyl (C=O) groups excluding carboxylic acids is 1. The van der Waals surface area contributed by atoms with Crippen LogP contribution in [0, 0.1) is 0 Å². The second-order valence-corrected chi connectivity index (χ2v) is 7.82. The number of fused-ring (bicyclic) bond motifs is 2. The van der Waals surface area contributed by atoms with Gasteiger partial charge in [0, 0.05) is 17.8 Å². The molecule has 3 heterocycles. The third kappa shape index (κ3) is 3.65. The first-order valence-corrected chi connectivity index (χ1v) is 10.5. The van der Waals surface area contributed by atoms with E-state index in [4.69, 9.17) is 9.47 Å². The molecule has 2 aliphatic rings. The average molecular weight is 405 g/mol. The fraction of sp³-hybridized carbons (Fsp3) is 0.227. The van der Waals surface area contributed by atoms with Crippen molar-refractivity contribution >= 4 is 23.4 Å². The Bertz CT molecular complexity index is 1060. The van der Waals surface area contributed by atoms with E-state index in [9.17, 15) is 4.79 Å². The lowest BCUT2D eigenvalue weighted by Gasteiger charge is -2.18. The number of para-hydroxylation sites is 1. The summed E-state index contributed by atoms with van der Waals surface area (Å²) in [5.41, 5.74) is 3.93. The van der Waals surface area contributed by atoms with Crippen molar-refractivity contribution in [3.8, 4) is 22.8 Å². The van der Waals surface area contributed by atoms with Gasteiger partial charge in [0.2, 0.25) is 5.91 Å².